The van der Waals surface area contributed by atoms with Crippen LogP contribution in [0.2, 0.25) is 0 Å². The first kappa shape index (κ1) is 18.3. The molecule has 3 rings (SSSR count). The van der Waals surface area contributed by atoms with Crippen molar-refractivity contribution >= 4 is 28.3 Å². The standard InChI is InChI=1S/C20H19N3O4/c1-13(18(24)22(2)14-9-5-4-6-10-14)27-20(26)17-15-11-7-8-12-16(15)19(25)23(3)21-17/h4-13H,1-3H3/t13-/m1/s1. The molecule has 3 aromatic rings. The fraction of sp³-hybridized carbons (Fsp3) is 0.200. The Balaban J connectivity index is 1.85. The van der Waals surface area contributed by atoms with Gasteiger partial charge < -0.3 is 9.64 Å². The van der Waals surface area contributed by atoms with E-state index in [0.29, 0.717) is 16.5 Å². The Bertz CT molecular complexity index is 1060. The van der Waals surface area contributed by atoms with Crippen molar-refractivity contribution in [2.75, 3.05) is 11.9 Å². The number of hydrogen-bond acceptors (Lipinski definition) is 5. The molecule has 0 saturated carbocycles. The third-order valence-electron chi connectivity index (χ3n) is 4.26. The number of amides is 1. The monoisotopic (exact) mass is 365 g/mol. The van der Waals surface area contributed by atoms with Crippen molar-refractivity contribution in [3.8, 4) is 0 Å². The second kappa shape index (κ2) is 7.41. The van der Waals surface area contributed by atoms with Crippen LogP contribution in [0.1, 0.15) is 17.4 Å². The van der Waals surface area contributed by atoms with Crippen LogP contribution in [0.5, 0.6) is 0 Å². The van der Waals surface area contributed by atoms with Crippen molar-refractivity contribution in [1.82, 2.24) is 9.78 Å². The molecule has 0 unspecified atom stereocenters. The van der Waals surface area contributed by atoms with Crippen LogP contribution in [0.4, 0.5) is 5.69 Å². The molecule has 27 heavy (non-hydrogen) atoms. The number of likely N-dealkylation sites (N-methyl/N-ethyl adjacent to an activating group) is 1. The van der Waals surface area contributed by atoms with Gasteiger partial charge in [0.2, 0.25) is 0 Å². The fourth-order valence-electron chi connectivity index (χ4n) is 2.77. The number of anilines is 1. The van der Waals surface area contributed by atoms with Crippen molar-refractivity contribution in [3.05, 3.63) is 70.6 Å². The quantitative estimate of drug-likeness (QED) is 0.662. The summed E-state index contributed by atoms with van der Waals surface area (Å²) in [6, 6.07) is 15.7. The first-order valence-electron chi connectivity index (χ1n) is 8.40. The maximum absolute atomic E-state index is 12.6. The molecular weight excluding hydrogens is 346 g/mol. The molecule has 0 aliphatic rings. The van der Waals surface area contributed by atoms with Gasteiger partial charge in [0.1, 0.15) is 0 Å². The fourth-order valence-corrected chi connectivity index (χ4v) is 2.77. The Morgan fingerprint density at radius 3 is 2.30 bits per heavy atom. The number of para-hydroxylation sites is 1. The van der Waals surface area contributed by atoms with Gasteiger partial charge in [-0.15, -0.1) is 0 Å². The molecule has 2 aromatic carbocycles. The largest absolute Gasteiger partial charge is 0.448 e. The lowest BCUT2D eigenvalue weighted by atomic mass is 10.1. The van der Waals surface area contributed by atoms with Crippen LogP contribution < -0.4 is 10.5 Å². The molecule has 7 nitrogen and oxygen atoms in total. The summed E-state index contributed by atoms with van der Waals surface area (Å²) in [4.78, 5) is 38.8. The van der Waals surface area contributed by atoms with Gasteiger partial charge in [-0.25, -0.2) is 9.48 Å². The van der Waals surface area contributed by atoms with E-state index in [9.17, 15) is 14.4 Å². The number of aryl methyl sites for hydroxylation is 1. The summed E-state index contributed by atoms with van der Waals surface area (Å²) in [5.74, 6) is -1.13. The number of carbonyl (C=O) groups excluding carboxylic acids is 2. The average Bonchev–Trinajstić information content (AvgIpc) is 2.70. The minimum atomic E-state index is -1.01. The molecule has 0 saturated heterocycles. The molecule has 0 bridgehead atoms. The predicted octanol–water partition coefficient (Wildman–Crippen LogP) is 2.14. The topological polar surface area (TPSA) is 81.5 Å². The van der Waals surface area contributed by atoms with Gasteiger partial charge in [-0.2, -0.15) is 5.10 Å². The van der Waals surface area contributed by atoms with E-state index in [-0.39, 0.29) is 17.2 Å². The van der Waals surface area contributed by atoms with E-state index < -0.39 is 12.1 Å². The van der Waals surface area contributed by atoms with E-state index in [0.717, 1.165) is 4.68 Å². The minimum Gasteiger partial charge on any atom is -0.448 e. The van der Waals surface area contributed by atoms with Crippen LogP contribution in [0.15, 0.2) is 59.4 Å². The summed E-state index contributed by atoms with van der Waals surface area (Å²) < 4.78 is 6.42. The van der Waals surface area contributed by atoms with Crippen molar-refractivity contribution in [2.24, 2.45) is 7.05 Å². The maximum atomic E-state index is 12.6. The van der Waals surface area contributed by atoms with Crippen LogP contribution in [-0.2, 0) is 16.6 Å². The van der Waals surface area contributed by atoms with Gasteiger partial charge in [0.15, 0.2) is 11.8 Å². The minimum absolute atomic E-state index is 0.00489. The zero-order valence-corrected chi connectivity index (χ0v) is 15.2. The molecule has 1 amide bonds. The molecule has 1 atom stereocenters. The zero-order valence-electron chi connectivity index (χ0n) is 15.2. The van der Waals surface area contributed by atoms with E-state index >= 15 is 0 Å². The summed E-state index contributed by atoms with van der Waals surface area (Å²) in [5.41, 5.74) is 0.376. The lowest BCUT2D eigenvalue weighted by molar-refractivity contribution is -0.126. The summed E-state index contributed by atoms with van der Waals surface area (Å²) >= 11 is 0. The molecule has 0 aliphatic heterocycles. The molecule has 0 spiro atoms. The first-order chi connectivity index (χ1) is 12.9. The number of esters is 1. The van der Waals surface area contributed by atoms with Gasteiger partial charge in [-0.05, 0) is 25.1 Å². The zero-order chi connectivity index (χ0) is 19.6. The highest BCUT2D eigenvalue weighted by Gasteiger charge is 2.25. The number of benzene rings is 2. The third-order valence-corrected chi connectivity index (χ3v) is 4.26. The van der Waals surface area contributed by atoms with Gasteiger partial charge in [-0.3, -0.25) is 9.59 Å². The number of carbonyl (C=O) groups is 2. The predicted molar refractivity (Wildman–Crippen MR) is 102 cm³/mol. The number of ether oxygens (including phenoxy) is 1. The number of hydrogen-bond donors (Lipinski definition) is 0. The van der Waals surface area contributed by atoms with E-state index in [1.807, 2.05) is 18.2 Å². The van der Waals surface area contributed by atoms with Crippen molar-refractivity contribution in [3.63, 3.8) is 0 Å². The third kappa shape index (κ3) is 3.57. The van der Waals surface area contributed by atoms with Crippen LogP contribution in [0, 0.1) is 0 Å². The Morgan fingerprint density at radius 1 is 1.04 bits per heavy atom. The molecule has 1 aromatic heterocycles. The van der Waals surface area contributed by atoms with Crippen LogP contribution >= 0.6 is 0 Å². The summed E-state index contributed by atoms with van der Waals surface area (Å²) in [7, 11) is 3.07. The van der Waals surface area contributed by atoms with Crippen LogP contribution in [0.25, 0.3) is 10.8 Å². The van der Waals surface area contributed by atoms with E-state index in [2.05, 4.69) is 5.10 Å². The van der Waals surface area contributed by atoms with Crippen molar-refractivity contribution < 1.29 is 14.3 Å². The average molecular weight is 365 g/mol. The Labute approximate surface area is 155 Å². The van der Waals surface area contributed by atoms with Gasteiger partial charge in [-0.1, -0.05) is 36.4 Å². The number of fused-ring (bicyclic) bond motifs is 1. The molecule has 0 aliphatic carbocycles. The summed E-state index contributed by atoms with van der Waals surface area (Å²) in [6.45, 7) is 1.50. The number of aromatic nitrogens is 2. The Hall–Kier alpha value is -3.48. The second-order valence-corrected chi connectivity index (χ2v) is 6.10. The SMILES string of the molecule is C[C@@H](OC(=O)c1nn(C)c(=O)c2ccccc12)C(=O)N(C)c1ccccc1. The normalized spacial score (nSPS) is 11.8. The van der Waals surface area contributed by atoms with Crippen LogP contribution in [0.3, 0.4) is 0 Å². The maximum Gasteiger partial charge on any atom is 0.360 e. The molecule has 0 radical (unpaired) electrons. The number of nitrogens with zero attached hydrogens (tertiary/aromatic N) is 3. The lowest BCUT2D eigenvalue weighted by Gasteiger charge is -2.21. The van der Waals surface area contributed by atoms with Gasteiger partial charge >= 0.3 is 5.97 Å². The second-order valence-electron chi connectivity index (χ2n) is 6.10. The first-order valence-corrected chi connectivity index (χ1v) is 8.40. The molecule has 0 fully saturated rings. The van der Waals surface area contributed by atoms with Gasteiger partial charge in [0, 0.05) is 25.2 Å². The molecule has 7 heteroatoms. The van der Waals surface area contributed by atoms with Gasteiger partial charge in [0.25, 0.3) is 11.5 Å². The highest BCUT2D eigenvalue weighted by molar-refractivity contribution is 6.04. The number of rotatable bonds is 4. The van der Waals surface area contributed by atoms with E-state index in [1.165, 1.54) is 18.9 Å². The molecule has 1 heterocycles. The molecule has 0 N–H and O–H groups in total. The van der Waals surface area contributed by atoms with Crippen molar-refractivity contribution in [2.45, 2.75) is 13.0 Å². The smallest absolute Gasteiger partial charge is 0.360 e. The van der Waals surface area contributed by atoms with Crippen molar-refractivity contribution in [1.29, 1.82) is 0 Å². The summed E-state index contributed by atoms with van der Waals surface area (Å²) in [5, 5.41) is 4.77. The highest BCUT2D eigenvalue weighted by atomic mass is 16.5. The molecule has 138 valence electrons. The highest BCUT2D eigenvalue weighted by Crippen LogP contribution is 2.17. The Kier molecular flexibility index (Phi) is 5.03. The summed E-state index contributed by atoms with van der Waals surface area (Å²) in [6.07, 6.45) is -1.01. The lowest BCUT2D eigenvalue weighted by Crippen LogP contribution is -2.38. The van der Waals surface area contributed by atoms with Gasteiger partial charge in [0.05, 0.1) is 5.39 Å². The Morgan fingerprint density at radius 2 is 1.63 bits per heavy atom. The van der Waals surface area contributed by atoms with Crippen LogP contribution in [-0.4, -0.2) is 34.8 Å². The van der Waals surface area contributed by atoms with E-state index in [4.69, 9.17) is 4.74 Å². The van der Waals surface area contributed by atoms with E-state index in [1.54, 1.807) is 43.4 Å². The molecular formula is C20H19N3O4.